The van der Waals surface area contributed by atoms with E-state index in [-0.39, 0.29) is 0 Å². The molecular formula is C10H11N3O2. The molecule has 0 unspecified atom stereocenters. The van der Waals surface area contributed by atoms with E-state index in [0.717, 1.165) is 17.0 Å². The Bertz CT molecular complexity index is 453. The second-order valence-corrected chi connectivity index (χ2v) is 3.15. The summed E-state index contributed by atoms with van der Waals surface area (Å²) in [6.45, 7) is 2.30. The lowest BCUT2D eigenvalue weighted by Crippen LogP contribution is -1.96. The van der Waals surface area contributed by atoms with E-state index in [4.69, 9.17) is 9.26 Å². The zero-order valence-electron chi connectivity index (χ0n) is 8.60. The predicted molar refractivity (Wildman–Crippen MR) is 53.0 cm³/mol. The third-order valence-electron chi connectivity index (χ3n) is 1.97. The molecule has 2 aromatic rings. The van der Waals surface area contributed by atoms with Crippen molar-refractivity contribution in [2.45, 2.75) is 13.5 Å². The summed E-state index contributed by atoms with van der Waals surface area (Å²) >= 11 is 0. The Morgan fingerprint density at radius 3 is 3.00 bits per heavy atom. The van der Waals surface area contributed by atoms with E-state index in [1.165, 1.54) is 6.33 Å². The first-order chi connectivity index (χ1) is 7.31. The Balaban J connectivity index is 2.42. The first-order valence-electron chi connectivity index (χ1n) is 4.53. The van der Waals surface area contributed by atoms with Crippen molar-refractivity contribution < 1.29 is 9.26 Å². The van der Waals surface area contributed by atoms with Crippen LogP contribution in [0, 0.1) is 6.92 Å². The van der Waals surface area contributed by atoms with Crippen molar-refractivity contribution in [1.82, 2.24) is 15.1 Å². The number of ether oxygens (including phenoxy) is 1. The standard InChI is InChI=1S/C10H11N3O2/c1-7-3-10(15-13-7)8-4-11-6-12-9(8)5-14-2/h3-4,6H,5H2,1-2H3. The smallest absolute Gasteiger partial charge is 0.170 e. The number of hydrogen-bond acceptors (Lipinski definition) is 5. The summed E-state index contributed by atoms with van der Waals surface area (Å²) in [5.41, 5.74) is 2.45. The molecule has 0 N–H and O–H groups in total. The van der Waals surface area contributed by atoms with Gasteiger partial charge in [0.1, 0.15) is 6.33 Å². The van der Waals surface area contributed by atoms with Gasteiger partial charge in [-0.15, -0.1) is 0 Å². The fourth-order valence-corrected chi connectivity index (χ4v) is 1.30. The highest BCUT2D eigenvalue weighted by molar-refractivity contribution is 5.58. The van der Waals surface area contributed by atoms with Gasteiger partial charge in [-0.25, -0.2) is 9.97 Å². The van der Waals surface area contributed by atoms with Crippen molar-refractivity contribution >= 4 is 0 Å². The molecule has 2 heterocycles. The summed E-state index contributed by atoms with van der Waals surface area (Å²) in [7, 11) is 1.62. The molecule has 78 valence electrons. The Morgan fingerprint density at radius 1 is 1.47 bits per heavy atom. The first kappa shape index (κ1) is 9.79. The van der Waals surface area contributed by atoms with E-state index < -0.39 is 0 Å². The minimum atomic E-state index is 0.428. The molecule has 0 fully saturated rings. The van der Waals surface area contributed by atoms with Crippen LogP contribution in [0.3, 0.4) is 0 Å². The SMILES string of the molecule is COCc1ncncc1-c1cc(C)no1. The van der Waals surface area contributed by atoms with Crippen molar-refractivity contribution in [3.8, 4) is 11.3 Å². The lowest BCUT2D eigenvalue weighted by molar-refractivity contribution is 0.181. The van der Waals surface area contributed by atoms with E-state index in [0.29, 0.717) is 12.4 Å². The molecule has 0 amide bonds. The third-order valence-corrected chi connectivity index (χ3v) is 1.97. The van der Waals surface area contributed by atoms with Crippen molar-refractivity contribution in [3.05, 3.63) is 30.0 Å². The molecule has 0 atom stereocenters. The monoisotopic (exact) mass is 205 g/mol. The Hall–Kier alpha value is -1.75. The summed E-state index contributed by atoms with van der Waals surface area (Å²) in [6.07, 6.45) is 3.18. The third kappa shape index (κ3) is 2.02. The summed E-state index contributed by atoms with van der Waals surface area (Å²) in [6, 6.07) is 1.85. The van der Waals surface area contributed by atoms with Crippen molar-refractivity contribution in [3.63, 3.8) is 0 Å². The molecule has 0 saturated carbocycles. The highest BCUT2D eigenvalue weighted by Gasteiger charge is 2.10. The zero-order chi connectivity index (χ0) is 10.7. The number of hydrogen-bond donors (Lipinski definition) is 0. The maximum atomic E-state index is 5.15. The Labute approximate surface area is 87.1 Å². The lowest BCUT2D eigenvalue weighted by atomic mass is 10.2. The fraction of sp³-hybridized carbons (Fsp3) is 0.300. The van der Waals surface area contributed by atoms with Gasteiger partial charge >= 0.3 is 0 Å². The van der Waals surface area contributed by atoms with Gasteiger partial charge in [-0.05, 0) is 6.92 Å². The van der Waals surface area contributed by atoms with E-state index in [9.17, 15) is 0 Å². The van der Waals surface area contributed by atoms with Gasteiger partial charge in [0, 0.05) is 19.4 Å². The molecule has 5 nitrogen and oxygen atoms in total. The van der Waals surface area contributed by atoms with Gasteiger partial charge in [0.2, 0.25) is 0 Å². The molecule has 2 aromatic heterocycles. The van der Waals surface area contributed by atoms with Crippen LogP contribution in [-0.2, 0) is 11.3 Å². The van der Waals surface area contributed by atoms with Crippen LogP contribution >= 0.6 is 0 Å². The minimum absolute atomic E-state index is 0.428. The first-order valence-corrected chi connectivity index (χ1v) is 4.53. The second kappa shape index (κ2) is 4.18. The molecule has 0 saturated heterocycles. The summed E-state index contributed by atoms with van der Waals surface area (Å²) in [4.78, 5) is 8.09. The van der Waals surface area contributed by atoms with Crippen LogP contribution in [0.1, 0.15) is 11.4 Å². The van der Waals surface area contributed by atoms with Crippen LogP contribution in [0.4, 0.5) is 0 Å². The summed E-state index contributed by atoms with van der Waals surface area (Å²) < 4.78 is 10.2. The van der Waals surface area contributed by atoms with Gasteiger partial charge in [-0.1, -0.05) is 5.16 Å². The maximum absolute atomic E-state index is 5.15. The van der Waals surface area contributed by atoms with Gasteiger partial charge in [0.15, 0.2) is 5.76 Å². The normalized spacial score (nSPS) is 10.5. The van der Waals surface area contributed by atoms with Crippen LogP contribution in [0.25, 0.3) is 11.3 Å². The molecule has 0 aliphatic rings. The molecule has 0 aliphatic heterocycles. The molecule has 5 heteroatoms. The number of aryl methyl sites for hydroxylation is 1. The van der Waals surface area contributed by atoms with Crippen molar-refractivity contribution in [2.75, 3.05) is 7.11 Å². The Morgan fingerprint density at radius 2 is 2.33 bits per heavy atom. The number of methoxy groups -OCH3 is 1. The van der Waals surface area contributed by atoms with Gasteiger partial charge < -0.3 is 9.26 Å². The number of aromatic nitrogens is 3. The van der Waals surface area contributed by atoms with Crippen LogP contribution in [0.2, 0.25) is 0 Å². The topological polar surface area (TPSA) is 61.0 Å². The maximum Gasteiger partial charge on any atom is 0.170 e. The van der Waals surface area contributed by atoms with Crippen molar-refractivity contribution in [2.24, 2.45) is 0 Å². The van der Waals surface area contributed by atoms with Crippen LogP contribution in [0.15, 0.2) is 23.1 Å². The molecule has 0 aliphatic carbocycles. The minimum Gasteiger partial charge on any atom is -0.378 e. The predicted octanol–water partition coefficient (Wildman–Crippen LogP) is 1.59. The molecule has 15 heavy (non-hydrogen) atoms. The molecule has 2 rings (SSSR count). The Kier molecular flexibility index (Phi) is 2.73. The van der Waals surface area contributed by atoms with Crippen LogP contribution in [-0.4, -0.2) is 22.2 Å². The fourth-order valence-electron chi connectivity index (χ4n) is 1.30. The number of rotatable bonds is 3. The average Bonchev–Trinajstić information content (AvgIpc) is 2.66. The average molecular weight is 205 g/mol. The summed E-state index contributed by atoms with van der Waals surface area (Å²) in [5, 5.41) is 3.82. The van der Waals surface area contributed by atoms with E-state index in [1.54, 1.807) is 13.3 Å². The van der Waals surface area contributed by atoms with E-state index in [1.807, 2.05) is 13.0 Å². The molecule has 0 aromatic carbocycles. The number of nitrogens with zero attached hydrogens (tertiary/aromatic N) is 3. The van der Waals surface area contributed by atoms with E-state index >= 15 is 0 Å². The van der Waals surface area contributed by atoms with Crippen LogP contribution in [0.5, 0.6) is 0 Å². The van der Waals surface area contributed by atoms with Gasteiger partial charge in [-0.2, -0.15) is 0 Å². The second-order valence-electron chi connectivity index (χ2n) is 3.15. The molecular weight excluding hydrogens is 194 g/mol. The zero-order valence-corrected chi connectivity index (χ0v) is 8.60. The van der Waals surface area contributed by atoms with Crippen LogP contribution < -0.4 is 0 Å². The van der Waals surface area contributed by atoms with E-state index in [2.05, 4.69) is 15.1 Å². The molecule has 0 spiro atoms. The van der Waals surface area contributed by atoms with Gasteiger partial charge in [-0.3, -0.25) is 0 Å². The molecule has 0 radical (unpaired) electrons. The van der Waals surface area contributed by atoms with Gasteiger partial charge in [0.25, 0.3) is 0 Å². The quantitative estimate of drug-likeness (QED) is 0.761. The highest BCUT2D eigenvalue weighted by atomic mass is 16.5. The highest BCUT2D eigenvalue weighted by Crippen LogP contribution is 2.22. The largest absolute Gasteiger partial charge is 0.378 e. The summed E-state index contributed by atoms with van der Waals surface area (Å²) in [5.74, 6) is 0.667. The van der Waals surface area contributed by atoms with Gasteiger partial charge in [0.05, 0.1) is 23.6 Å². The van der Waals surface area contributed by atoms with Crippen molar-refractivity contribution in [1.29, 1.82) is 0 Å². The molecule has 0 bridgehead atoms. The lowest BCUT2D eigenvalue weighted by Gasteiger charge is -2.02.